The Kier molecular flexibility index (Phi) is 5.79. The maximum Gasteiger partial charge on any atom is 0.265 e. The third-order valence-corrected chi connectivity index (χ3v) is 6.95. The minimum Gasteiger partial charge on any atom is -0.482 e. The summed E-state index contributed by atoms with van der Waals surface area (Å²) in [6.07, 6.45) is 1.66. The molecule has 160 valence electrons. The Morgan fingerprint density at radius 2 is 2.10 bits per heavy atom. The SMILES string of the molecule is C=CCN1C(=O)COc2ccc(-c3csc(NS(=O)(=O)Cc4ccccc4C)n3)cc21. The molecule has 0 atom stereocenters. The first kappa shape index (κ1) is 21.1. The summed E-state index contributed by atoms with van der Waals surface area (Å²) in [5.41, 5.74) is 3.67. The molecule has 2 heterocycles. The number of carbonyl (C=O) groups is 1. The number of anilines is 2. The molecule has 4 rings (SSSR count). The van der Waals surface area contributed by atoms with Gasteiger partial charge in [-0.1, -0.05) is 30.3 Å². The summed E-state index contributed by atoms with van der Waals surface area (Å²) in [5.74, 6) is 0.343. The fraction of sp³-hybridized carbons (Fsp3) is 0.182. The number of fused-ring (bicyclic) bond motifs is 1. The molecule has 1 amide bonds. The molecule has 1 aliphatic rings. The quantitative estimate of drug-likeness (QED) is 0.545. The zero-order chi connectivity index (χ0) is 22.0. The number of ether oxygens (including phenoxy) is 1. The van der Waals surface area contributed by atoms with Gasteiger partial charge in [0.25, 0.3) is 5.91 Å². The number of rotatable bonds is 7. The van der Waals surface area contributed by atoms with E-state index < -0.39 is 10.0 Å². The third kappa shape index (κ3) is 4.62. The van der Waals surface area contributed by atoms with Gasteiger partial charge < -0.3 is 9.64 Å². The molecule has 0 unspecified atom stereocenters. The second kappa shape index (κ2) is 8.52. The highest BCUT2D eigenvalue weighted by atomic mass is 32.2. The van der Waals surface area contributed by atoms with Crippen molar-refractivity contribution in [3.05, 3.63) is 71.6 Å². The fourth-order valence-corrected chi connectivity index (χ4v) is 5.54. The molecule has 31 heavy (non-hydrogen) atoms. The standard InChI is InChI=1S/C22H21N3O4S2/c1-3-10-25-19-11-16(8-9-20(19)29-12-21(25)26)18-13-30-22(23-18)24-31(27,28)14-17-7-5-4-6-15(17)2/h3-9,11,13H,1,10,12,14H2,2H3,(H,23,24). The van der Waals surface area contributed by atoms with Gasteiger partial charge in [0.05, 0.1) is 17.1 Å². The smallest absolute Gasteiger partial charge is 0.265 e. The number of carbonyl (C=O) groups excluding carboxylic acids is 1. The zero-order valence-electron chi connectivity index (χ0n) is 16.9. The van der Waals surface area contributed by atoms with Crippen molar-refractivity contribution in [3.63, 3.8) is 0 Å². The Hall–Kier alpha value is -3.17. The molecule has 0 saturated heterocycles. The first-order valence-corrected chi connectivity index (χ1v) is 12.1. The second-order valence-corrected chi connectivity index (χ2v) is 9.67. The molecular weight excluding hydrogens is 434 g/mol. The van der Waals surface area contributed by atoms with Crippen LogP contribution in [0, 0.1) is 6.92 Å². The van der Waals surface area contributed by atoms with Crippen molar-refractivity contribution >= 4 is 38.1 Å². The molecule has 2 aromatic carbocycles. The van der Waals surface area contributed by atoms with Crippen LogP contribution in [0.3, 0.4) is 0 Å². The number of aromatic nitrogens is 1. The molecule has 0 fully saturated rings. The zero-order valence-corrected chi connectivity index (χ0v) is 18.5. The van der Waals surface area contributed by atoms with Gasteiger partial charge in [0.2, 0.25) is 10.0 Å². The molecule has 9 heteroatoms. The third-order valence-electron chi connectivity index (χ3n) is 4.86. The number of nitrogens with zero attached hydrogens (tertiary/aromatic N) is 2. The molecule has 1 aromatic heterocycles. The van der Waals surface area contributed by atoms with Crippen LogP contribution in [0.25, 0.3) is 11.3 Å². The van der Waals surface area contributed by atoms with E-state index in [2.05, 4.69) is 16.3 Å². The maximum absolute atomic E-state index is 12.6. The van der Waals surface area contributed by atoms with E-state index in [0.29, 0.717) is 23.7 Å². The van der Waals surface area contributed by atoms with E-state index in [1.54, 1.807) is 28.5 Å². The largest absolute Gasteiger partial charge is 0.482 e. The molecule has 1 N–H and O–H groups in total. The first-order chi connectivity index (χ1) is 14.9. The summed E-state index contributed by atoms with van der Waals surface area (Å²) in [4.78, 5) is 18.2. The Labute approximate surface area is 185 Å². The Bertz CT molecular complexity index is 1250. The van der Waals surface area contributed by atoms with Crippen LogP contribution in [-0.2, 0) is 20.6 Å². The maximum atomic E-state index is 12.6. The van der Waals surface area contributed by atoms with Crippen LogP contribution in [0.15, 0.2) is 60.5 Å². The van der Waals surface area contributed by atoms with Crippen molar-refractivity contribution in [3.8, 4) is 17.0 Å². The number of benzene rings is 2. The number of hydrogen-bond acceptors (Lipinski definition) is 6. The molecule has 0 bridgehead atoms. The molecule has 0 radical (unpaired) electrons. The van der Waals surface area contributed by atoms with E-state index in [1.165, 1.54) is 11.3 Å². The van der Waals surface area contributed by atoms with Gasteiger partial charge in [0.1, 0.15) is 5.75 Å². The summed E-state index contributed by atoms with van der Waals surface area (Å²) >= 11 is 1.21. The number of aryl methyl sites for hydroxylation is 1. The monoisotopic (exact) mass is 455 g/mol. The number of thiazole rings is 1. The van der Waals surface area contributed by atoms with Crippen molar-refractivity contribution in [2.45, 2.75) is 12.7 Å². The topological polar surface area (TPSA) is 88.6 Å². The van der Waals surface area contributed by atoms with Gasteiger partial charge in [-0.15, -0.1) is 17.9 Å². The molecule has 1 aliphatic heterocycles. The lowest BCUT2D eigenvalue weighted by molar-refractivity contribution is -0.121. The van der Waals surface area contributed by atoms with Crippen LogP contribution in [0.4, 0.5) is 10.8 Å². The molecule has 0 spiro atoms. The lowest BCUT2D eigenvalue weighted by Gasteiger charge is -2.28. The predicted molar refractivity (Wildman–Crippen MR) is 123 cm³/mol. The van der Waals surface area contributed by atoms with Gasteiger partial charge in [-0.25, -0.2) is 13.4 Å². The van der Waals surface area contributed by atoms with Crippen LogP contribution in [0.1, 0.15) is 11.1 Å². The van der Waals surface area contributed by atoms with E-state index in [1.807, 2.05) is 37.3 Å². The minimum atomic E-state index is -3.60. The summed E-state index contributed by atoms with van der Waals surface area (Å²) < 4.78 is 33.3. The normalized spacial score (nSPS) is 13.5. The molecule has 0 aliphatic carbocycles. The summed E-state index contributed by atoms with van der Waals surface area (Å²) in [7, 11) is -3.60. The molecule has 3 aromatic rings. The van der Waals surface area contributed by atoms with Crippen molar-refractivity contribution in [1.29, 1.82) is 0 Å². The lowest BCUT2D eigenvalue weighted by atomic mass is 10.1. The van der Waals surface area contributed by atoms with Gasteiger partial charge in [0.15, 0.2) is 11.7 Å². The van der Waals surface area contributed by atoms with Gasteiger partial charge in [-0.05, 0) is 36.2 Å². The second-order valence-electron chi connectivity index (χ2n) is 7.09. The molecule has 7 nitrogen and oxygen atoms in total. The summed E-state index contributed by atoms with van der Waals surface area (Å²) in [5, 5.41) is 2.06. The van der Waals surface area contributed by atoms with Crippen LogP contribution < -0.4 is 14.4 Å². The highest BCUT2D eigenvalue weighted by Crippen LogP contribution is 2.37. The van der Waals surface area contributed by atoms with Crippen LogP contribution >= 0.6 is 11.3 Å². The average Bonchev–Trinajstić information content (AvgIpc) is 3.19. The van der Waals surface area contributed by atoms with Crippen molar-refractivity contribution < 1.29 is 17.9 Å². The average molecular weight is 456 g/mol. The summed E-state index contributed by atoms with van der Waals surface area (Å²) in [6.45, 7) is 5.95. The van der Waals surface area contributed by atoms with Crippen molar-refractivity contribution in [1.82, 2.24) is 4.98 Å². The van der Waals surface area contributed by atoms with Crippen LogP contribution in [-0.4, -0.2) is 32.5 Å². The lowest BCUT2D eigenvalue weighted by Crippen LogP contribution is -2.38. The van der Waals surface area contributed by atoms with E-state index in [0.717, 1.165) is 16.7 Å². The number of nitrogens with one attached hydrogen (secondary N) is 1. The van der Waals surface area contributed by atoms with Crippen molar-refractivity contribution in [2.75, 3.05) is 22.8 Å². The number of hydrogen-bond donors (Lipinski definition) is 1. The van der Waals surface area contributed by atoms with Crippen LogP contribution in [0.2, 0.25) is 0 Å². The van der Waals surface area contributed by atoms with E-state index >= 15 is 0 Å². The van der Waals surface area contributed by atoms with Gasteiger partial charge in [-0.3, -0.25) is 9.52 Å². The van der Waals surface area contributed by atoms with Gasteiger partial charge in [-0.2, -0.15) is 0 Å². The fourth-order valence-electron chi connectivity index (χ4n) is 3.29. The molecule has 0 saturated carbocycles. The number of amides is 1. The minimum absolute atomic E-state index is 0.0102. The highest BCUT2D eigenvalue weighted by molar-refractivity contribution is 7.92. The van der Waals surface area contributed by atoms with Gasteiger partial charge >= 0.3 is 0 Å². The Balaban J connectivity index is 1.56. The number of sulfonamides is 1. The van der Waals surface area contributed by atoms with Gasteiger partial charge in [0, 0.05) is 17.5 Å². The molecular formula is C22H21N3O4S2. The van der Waals surface area contributed by atoms with E-state index in [-0.39, 0.29) is 23.4 Å². The van der Waals surface area contributed by atoms with Crippen molar-refractivity contribution in [2.24, 2.45) is 0 Å². The van der Waals surface area contributed by atoms with E-state index in [9.17, 15) is 13.2 Å². The highest BCUT2D eigenvalue weighted by Gasteiger charge is 2.25. The van der Waals surface area contributed by atoms with E-state index in [4.69, 9.17) is 4.74 Å². The first-order valence-electron chi connectivity index (χ1n) is 9.55. The predicted octanol–water partition coefficient (Wildman–Crippen LogP) is 3.97. The summed E-state index contributed by atoms with van der Waals surface area (Å²) in [6, 6.07) is 12.8. The Morgan fingerprint density at radius 1 is 1.29 bits per heavy atom. The van der Waals surface area contributed by atoms with Crippen LogP contribution in [0.5, 0.6) is 5.75 Å². The Morgan fingerprint density at radius 3 is 2.87 bits per heavy atom.